The van der Waals surface area contributed by atoms with E-state index in [9.17, 15) is 4.79 Å². The first kappa shape index (κ1) is 13.8. The smallest absolute Gasteiger partial charge is 0.224 e. The normalized spacial score (nSPS) is 16.0. The molecule has 1 atom stereocenters. The second kappa shape index (κ2) is 6.10. The van der Waals surface area contributed by atoms with E-state index in [1.165, 1.54) is 11.1 Å². The van der Waals surface area contributed by atoms with Gasteiger partial charge in [-0.15, -0.1) is 0 Å². The molecular formula is C18H20N2O. The van der Waals surface area contributed by atoms with Crippen LogP contribution in [0.4, 0.5) is 0 Å². The second-order valence-electron chi connectivity index (χ2n) is 5.55. The number of carbonyl (C=O) groups is 1. The molecule has 0 saturated carbocycles. The highest BCUT2D eigenvalue weighted by molar-refractivity contribution is 5.79. The van der Waals surface area contributed by atoms with Crippen LogP contribution in [0.15, 0.2) is 48.5 Å². The van der Waals surface area contributed by atoms with Crippen molar-refractivity contribution >= 4 is 5.91 Å². The zero-order chi connectivity index (χ0) is 14.7. The summed E-state index contributed by atoms with van der Waals surface area (Å²) in [6.45, 7) is 1.19. The maximum atomic E-state index is 12.1. The molecule has 3 nitrogen and oxygen atoms in total. The number of rotatable bonds is 5. The van der Waals surface area contributed by atoms with Gasteiger partial charge in [0.1, 0.15) is 0 Å². The van der Waals surface area contributed by atoms with Crippen molar-refractivity contribution in [1.82, 2.24) is 5.32 Å². The molecule has 0 heterocycles. The summed E-state index contributed by atoms with van der Waals surface area (Å²) in [5.74, 6) is 0.537. The van der Waals surface area contributed by atoms with E-state index in [0.717, 1.165) is 24.1 Å². The Bertz CT molecular complexity index is 651. The summed E-state index contributed by atoms with van der Waals surface area (Å²) in [7, 11) is 0. The Morgan fingerprint density at radius 3 is 2.57 bits per heavy atom. The third-order valence-electron chi connectivity index (χ3n) is 4.20. The molecule has 0 saturated heterocycles. The number of hydrogen-bond donors (Lipinski definition) is 2. The summed E-state index contributed by atoms with van der Waals surface area (Å²) in [5.41, 5.74) is 10.5. The maximum Gasteiger partial charge on any atom is 0.224 e. The van der Waals surface area contributed by atoms with Crippen molar-refractivity contribution in [3.05, 3.63) is 70.8 Å². The summed E-state index contributed by atoms with van der Waals surface area (Å²) in [6, 6.07) is 16.3. The molecule has 1 amide bonds. The van der Waals surface area contributed by atoms with E-state index in [1.54, 1.807) is 0 Å². The van der Waals surface area contributed by atoms with Crippen LogP contribution in [-0.2, 0) is 24.2 Å². The van der Waals surface area contributed by atoms with Gasteiger partial charge in [-0.05, 0) is 28.7 Å². The largest absolute Gasteiger partial charge is 0.355 e. The first-order valence-electron chi connectivity index (χ1n) is 7.39. The molecule has 3 heteroatoms. The van der Waals surface area contributed by atoms with Gasteiger partial charge in [0.25, 0.3) is 0 Å². The summed E-state index contributed by atoms with van der Waals surface area (Å²) in [6.07, 6.45) is 1.47. The molecule has 2 aromatic rings. The van der Waals surface area contributed by atoms with E-state index in [0.29, 0.717) is 18.9 Å². The third kappa shape index (κ3) is 2.98. The predicted molar refractivity (Wildman–Crippen MR) is 83.9 cm³/mol. The van der Waals surface area contributed by atoms with E-state index >= 15 is 0 Å². The molecule has 3 rings (SSSR count). The summed E-state index contributed by atoms with van der Waals surface area (Å²) < 4.78 is 0. The molecule has 3 N–H and O–H groups in total. The molecule has 1 unspecified atom stereocenters. The molecule has 1 aliphatic carbocycles. The molecule has 108 valence electrons. The highest BCUT2D eigenvalue weighted by atomic mass is 16.1. The number of nitrogens with one attached hydrogen (secondary N) is 1. The van der Waals surface area contributed by atoms with Crippen LogP contribution in [-0.4, -0.2) is 12.5 Å². The molecule has 0 fully saturated rings. The molecule has 0 spiro atoms. The molecule has 0 aliphatic heterocycles. The maximum absolute atomic E-state index is 12.1. The number of amides is 1. The van der Waals surface area contributed by atoms with E-state index in [2.05, 4.69) is 29.6 Å². The monoisotopic (exact) mass is 280 g/mol. The van der Waals surface area contributed by atoms with Gasteiger partial charge >= 0.3 is 0 Å². The van der Waals surface area contributed by atoms with E-state index < -0.39 is 0 Å². The molecular weight excluding hydrogens is 260 g/mol. The topological polar surface area (TPSA) is 55.1 Å². The zero-order valence-electron chi connectivity index (χ0n) is 12.0. The van der Waals surface area contributed by atoms with Gasteiger partial charge in [0, 0.05) is 19.0 Å². The van der Waals surface area contributed by atoms with Crippen LogP contribution < -0.4 is 11.1 Å². The molecule has 1 aliphatic rings. The number of carbonyl (C=O) groups excluding carboxylic acids is 1. The average Bonchev–Trinajstić information content (AvgIpc) is 2.49. The van der Waals surface area contributed by atoms with Crippen molar-refractivity contribution in [2.24, 2.45) is 5.73 Å². The zero-order valence-corrected chi connectivity index (χ0v) is 12.0. The van der Waals surface area contributed by atoms with Crippen LogP contribution in [0.1, 0.15) is 28.2 Å². The van der Waals surface area contributed by atoms with Crippen molar-refractivity contribution < 1.29 is 4.79 Å². The van der Waals surface area contributed by atoms with Crippen molar-refractivity contribution in [3.63, 3.8) is 0 Å². The Morgan fingerprint density at radius 1 is 1.10 bits per heavy atom. The van der Waals surface area contributed by atoms with Gasteiger partial charge in [-0.2, -0.15) is 0 Å². The molecule has 0 aromatic heterocycles. The van der Waals surface area contributed by atoms with Crippen molar-refractivity contribution in [3.8, 4) is 0 Å². The van der Waals surface area contributed by atoms with Gasteiger partial charge in [-0.25, -0.2) is 0 Å². The summed E-state index contributed by atoms with van der Waals surface area (Å²) in [4.78, 5) is 12.1. The lowest BCUT2D eigenvalue weighted by Crippen LogP contribution is -2.34. The first-order valence-corrected chi connectivity index (χ1v) is 7.39. The second-order valence-corrected chi connectivity index (χ2v) is 5.55. The minimum Gasteiger partial charge on any atom is -0.355 e. The van der Waals surface area contributed by atoms with Crippen molar-refractivity contribution in [2.75, 3.05) is 6.54 Å². The molecule has 0 bridgehead atoms. The fraction of sp³-hybridized carbons (Fsp3) is 0.278. The minimum atomic E-state index is 0.0697. The highest BCUT2D eigenvalue weighted by Gasteiger charge is 2.25. The number of benzene rings is 2. The lowest BCUT2D eigenvalue weighted by Gasteiger charge is -2.30. The van der Waals surface area contributed by atoms with Gasteiger partial charge in [-0.1, -0.05) is 48.5 Å². The van der Waals surface area contributed by atoms with Gasteiger partial charge in [0.2, 0.25) is 5.91 Å². The quantitative estimate of drug-likeness (QED) is 0.881. The van der Waals surface area contributed by atoms with Crippen LogP contribution in [0, 0.1) is 0 Å². The molecule has 0 radical (unpaired) electrons. The molecule has 21 heavy (non-hydrogen) atoms. The lowest BCUT2D eigenvalue weighted by atomic mass is 9.77. The van der Waals surface area contributed by atoms with Crippen LogP contribution >= 0.6 is 0 Å². The van der Waals surface area contributed by atoms with Crippen LogP contribution in [0.25, 0.3) is 0 Å². The van der Waals surface area contributed by atoms with E-state index in [1.807, 2.05) is 24.3 Å². The fourth-order valence-electron chi connectivity index (χ4n) is 2.95. The minimum absolute atomic E-state index is 0.0697. The Hall–Kier alpha value is -2.13. The first-order chi connectivity index (χ1) is 10.3. The molecule has 2 aromatic carbocycles. The Morgan fingerprint density at radius 2 is 1.81 bits per heavy atom. The summed E-state index contributed by atoms with van der Waals surface area (Å²) in [5, 5.41) is 3.05. The standard InChI is InChI=1S/C18H20N2O/c19-11-15-7-2-1-5-13(15)10-18(21)20-12-16-9-14-6-3-4-8-17(14)16/h1-8,16H,9-12,19H2,(H,20,21). The van der Waals surface area contributed by atoms with Crippen LogP contribution in [0.3, 0.4) is 0 Å². The van der Waals surface area contributed by atoms with Crippen LogP contribution in [0.5, 0.6) is 0 Å². The SMILES string of the molecule is NCc1ccccc1CC(=O)NCC1Cc2ccccc21. The van der Waals surface area contributed by atoms with Gasteiger partial charge in [-0.3, -0.25) is 4.79 Å². The average molecular weight is 280 g/mol. The van der Waals surface area contributed by atoms with Gasteiger partial charge in [0.15, 0.2) is 0 Å². The Kier molecular flexibility index (Phi) is 4.02. The van der Waals surface area contributed by atoms with Crippen LogP contribution in [0.2, 0.25) is 0 Å². The van der Waals surface area contributed by atoms with Crippen molar-refractivity contribution in [1.29, 1.82) is 0 Å². The van der Waals surface area contributed by atoms with Gasteiger partial charge < -0.3 is 11.1 Å². The highest BCUT2D eigenvalue weighted by Crippen LogP contribution is 2.33. The number of nitrogens with two attached hydrogens (primary N) is 1. The Labute approximate surface area is 125 Å². The van der Waals surface area contributed by atoms with Crippen molar-refractivity contribution in [2.45, 2.75) is 25.3 Å². The predicted octanol–water partition coefficient (Wildman–Crippen LogP) is 2.14. The lowest BCUT2D eigenvalue weighted by molar-refractivity contribution is -0.120. The Balaban J connectivity index is 1.54. The number of fused-ring (bicyclic) bond motifs is 1. The van der Waals surface area contributed by atoms with Gasteiger partial charge in [0.05, 0.1) is 6.42 Å². The summed E-state index contributed by atoms with van der Waals surface area (Å²) >= 11 is 0. The van der Waals surface area contributed by atoms with E-state index in [-0.39, 0.29) is 5.91 Å². The third-order valence-corrected chi connectivity index (χ3v) is 4.20. The fourth-order valence-corrected chi connectivity index (χ4v) is 2.95. The number of hydrogen-bond acceptors (Lipinski definition) is 2. The van der Waals surface area contributed by atoms with E-state index in [4.69, 9.17) is 5.73 Å².